The fourth-order valence-electron chi connectivity index (χ4n) is 4.39. The molecule has 2 aliphatic carbocycles. The molecule has 0 aromatic heterocycles. The highest BCUT2D eigenvalue weighted by Gasteiger charge is 2.41. The van der Waals surface area contributed by atoms with Crippen molar-refractivity contribution in [3.05, 3.63) is 0 Å². The van der Waals surface area contributed by atoms with Crippen LogP contribution in [0.4, 0.5) is 0 Å². The molecule has 0 aromatic carbocycles. The Bertz CT molecular complexity index is 234. The van der Waals surface area contributed by atoms with Crippen LogP contribution in [0.5, 0.6) is 0 Å². The summed E-state index contributed by atoms with van der Waals surface area (Å²) in [5, 5.41) is 3.94. The first kappa shape index (κ1) is 14.4. The Morgan fingerprint density at radius 2 is 1.72 bits per heavy atom. The number of nitrogens with one attached hydrogen (secondary N) is 1. The Labute approximate surface area is 114 Å². The van der Waals surface area contributed by atoms with Gasteiger partial charge in [-0.15, -0.1) is 0 Å². The maximum absolute atomic E-state index is 3.94. The minimum Gasteiger partial charge on any atom is -0.313 e. The zero-order valence-electron chi connectivity index (χ0n) is 12.8. The van der Waals surface area contributed by atoms with E-state index in [4.69, 9.17) is 0 Å². The van der Waals surface area contributed by atoms with Crippen LogP contribution in [0.15, 0.2) is 0 Å². The predicted octanol–water partition coefficient (Wildman–Crippen LogP) is 4.76. The standard InChI is InChI=1S/C17H33N/c1-4-13-18-16(17(3)11-5-6-12-17)15-9-7-14(2)8-10-15/h14-16,18H,4-13H2,1-3H3. The molecule has 106 valence electrons. The van der Waals surface area contributed by atoms with Gasteiger partial charge in [0.25, 0.3) is 0 Å². The summed E-state index contributed by atoms with van der Waals surface area (Å²) in [5.41, 5.74) is 0.598. The maximum atomic E-state index is 3.94. The molecule has 1 heteroatoms. The van der Waals surface area contributed by atoms with Gasteiger partial charge in [0.1, 0.15) is 0 Å². The second kappa shape index (κ2) is 6.41. The Hall–Kier alpha value is -0.0400. The highest BCUT2D eigenvalue weighted by Crippen LogP contribution is 2.46. The van der Waals surface area contributed by atoms with Gasteiger partial charge in [0.15, 0.2) is 0 Å². The number of hydrogen-bond donors (Lipinski definition) is 1. The van der Waals surface area contributed by atoms with Gasteiger partial charge < -0.3 is 5.32 Å². The largest absolute Gasteiger partial charge is 0.313 e. The van der Waals surface area contributed by atoms with Crippen LogP contribution in [0.25, 0.3) is 0 Å². The van der Waals surface area contributed by atoms with E-state index in [0.717, 1.165) is 17.9 Å². The van der Waals surface area contributed by atoms with Crippen LogP contribution in [0.3, 0.4) is 0 Å². The van der Waals surface area contributed by atoms with Gasteiger partial charge in [-0.2, -0.15) is 0 Å². The molecule has 1 nitrogen and oxygen atoms in total. The topological polar surface area (TPSA) is 12.0 Å². The summed E-state index contributed by atoms with van der Waals surface area (Å²) >= 11 is 0. The van der Waals surface area contributed by atoms with E-state index in [2.05, 4.69) is 26.1 Å². The summed E-state index contributed by atoms with van der Waals surface area (Å²) < 4.78 is 0. The molecule has 0 bridgehead atoms. The molecule has 1 unspecified atom stereocenters. The van der Waals surface area contributed by atoms with Gasteiger partial charge in [-0.1, -0.05) is 46.5 Å². The smallest absolute Gasteiger partial charge is 0.0149 e. The maximum Gasteiger partial charge on any atom is 0.0149 e. The lowest BCUT2D eigenvalue weighted by molar-refractivity contribution is 0.119. The van der Waals surface area contributed by atoms with Crippen LogP contribution < -0.4 is 5.32 Å². The lowest BCUT2D eigenvalue weighted by atomic mass is 9.68. The van der Waals surface area contributed by atoms with E-state index in [9.17, 15) is 0 Å². The van der Waals surface area contributed by atoms with E-state index in [1.54, 1.807) is 0 Å². The quantitative estimate of drug-likeness (QED) is 0.743. The second-order valence-corrected chi connectivity index (χ2v) is 7.31. The van der Waals surface area contributed by atoms with Crippen molar-refractivity contribution in [2.45, 2.75) is 84.6 Å². The summed E-state index contributed by atoms with van der Waals surface area (Å²) in [6.07, 6.45) is 13.0. The monoisotopic (exact) mass is 251 g/mol. The molecule has 2 saturated carbocycles. The van der Waals surface area contributed by atoms with Gasteiger partial charge in [0, 0.05) is 6.04 Å². The van der Waals surface area contributed by atoms with Crippen molar-refractivity contribution in [1.82, 2.24) is 5.32 Å². The van der Waals surface area contributed by atoms with Crippen LogP contribution in [0.1, 0.15) is 78.6 Å². The van der Waals surface area contributed by atoms with E-state index < -0.39 is 0 Å². The predicted molar refractivity (Wildman–Crippen MR) is 79.8 cm³/mol. The fourth-order valence-corrected chi connectivity index (χ4v) is 4.39. The molecular formula is C17H33N. The van der Waals surface area contributed by atoms with Crippen molar-refractivity contribution < 1.29 is 0 Å². The minimum atomic E-state index is 0.598. The molecule has 2 rings (SSSR count). The third-order valence-electron chi connectivity index (χ3n) is 5.64. The summed E-state index contributed by atoms with van der Waals surface area (Å²) in [5.74, 6) is 1.93. The Morgan fingerprint density at radius 1 is 1.11 bits per heavy atom. The Morgan fingerprint density at radius 3 is 2.28 bits per heavy atom. The van der Waals surface area contributed by atoms with Gasteiger partial charge in [-0.3, -0.25) is 0 Å². The summed E-state index contributed by atoms with van der Waals surface area (Å²) in [6, 6.07) is 0.799. The molecule has 0 aromatic rings. The van der Waals surface area contributed by atoms with Gasteiger partial charge in [-0.25, -0.2) is 0 Å². The molecule has 0 saturated heterocycles. The first-order valence-electron chi connectivity index (χ1n) is 8.39. The highest BCUT2D eigenvalue weighted by atomic mass is 14.9. The van der Waals surface area contributed by atoms with Crippen molar-refractivity contribution in [2.75, 3.05) is 6.54 Å². The van der Waals surface area contributed by atoms with Crippen molar-refractivity contribution in [3.8, 4) is 0 Å². The van der Waals surface area contributed by atoms with Crippen LogP contribution in [-0.2, 0) is 0 Å². The molecular weight excluding hydrogens is 218 g/mol. The van der Waals surface area contributed by atoms with Gasteiger partial charge in [-0.05, 0) is 55.9 Å². The molecule has 2 aliphatic rings. The first-order chi connectivity index (χ1) is 8.65. The van der Waals surface area contributed by atoms with E-state index >= 15 is 0 Å². The van der Waals surface area contributed by atoms with Crippen molar-refractivity contribution >= 4 is 0 Å². The van der Waals surface area contributed by atoms with Crippen LogP contribution >= 0.6 is 0 Å². The average molecular weight is 251 g/mol. The molecule has 0 radical (unpaired) electrons. The van der Waals surface area contributed by atoms with Crippen molar-refractivity contribution in [3.63, 3.8) is 0 Å². The summed E-state index contributed by atoms with van der Waals surface area (Å²) in [4.78, 5) is 0. The lowest BCUT2D eigenvalue weighted by Crippen LogP contribution is -2.48. The molecule has 0 amide bonds. The van der Waals surface area contributed by atoms with E-state index in [1.807, 2.05) is 0 Å². The zero-order chi connectivity index (χ0) is 13.0. The number of rotatable bonds is 5. The minimum absolute atomic E-state index is 0.598. The SMILES string of the molecule is CCCNC(C1CCC(C)CC1)C1(C)CCCC1. The molecule has 1 N–H and O–H groups in total. The third kappa shape index (κ3) is 3.29. The zero-order valence-corrected chi connectivity index (χ0v) is 12.8. The van der Waals surface area contributed by atoms with Gasteiger partial charge >= 0.3 is 0 Å². The van der Waals surface area contributed by atoms with Crippen LogP contribution in [0, 0.1) is 17.3 Å². The molecule has 0 heterocycles. The first-order valence-corrected chi connectivity index (χ1v) is 8.39. The highest BCUT2D eigenvalue weighted by molar-refractivity contribution is 4.96. The number of hydrogen-bond acceptors (Lipinski definition) is 1. The van der Waals surface area contributed by atoms with Crippen molar-refractivity contribution in [1.29, 1.82) is 0 Å². The molecule has 0 spiro atoms. The van der Waals surface area contributed by atoms with Crippen LogP contribution in [-0.4, -0.2) is 12.6 Å². The molecule has 1 atom stereocenters. The van der Waals surface area contributed by atoms with Gasteiger partial charge in [0.05, 0.1) is 0 Å². The van der Waals surface area contributed by atoms with E-state index in [-0.39, 0.29) is 0 Å². The Balaban J connectivity index is 1.99. The normalized spacial score (nSPS) is 33.5. The molecule has 0 aliphatic heterocycles. The van der Waals surface area contributed by atoms with E-state index in [1.165, 1.54) is 64.3 Å². The lowest BCUT2D eigenvalue weighted by Gasteiger charge is -2.43. The molecule has 18 heavy (non-hydrogen) atoms. The summed E-state index contributed by atoms with van der Waals surface area (Å²) in [7, 11) is 0. The van der Waals surface area contributed by atoms with Crippen LogP contribution in [0.2, 0.25) is 0 Å². The summed E-state index contributed by atoms with van der Waals surface area (Å²) in [6.45, 7) is 8.50. The van der Waals surface area contributed by atoms with E-state index in [0.29, 0.717) is 5.41 Å². The second-order valence-electron chi connectivity index (χ2n) is 7.31. The van der Waals surface area contributed by atoms with Crippen molar-refractivity contribution in [2.24, 2.45) is 17.3 Å². The average Bonchev–Trinajstić information content (AvgIpc) is 2.80. The third-order valence-corrected chi connectivity index (χ3v) is 5.64. The Kier molecular flexibility index (Phi) is 5.12. The molecule has 2 fully saturated rings. The van der Waals surface area contributed by atoms with Gasteiger partial charge in [0.2, 0.25) is 0 Å². The fraction of sp³-hybridized carbons (Fsp3) is 1.00.